The first-order valence-corrected chi connectivity index (χ1v) is 7.93. The van der Waals surface area contributed by atoms with E-state index in [4.69, 9.17) is 10.2 Å². The summed E-state index contributed by atoms with van der Waals surface area (Å²) >= 11 is 5.89. The molecule has 0 radical (unpaired) electrons. The van der Waals surface area contributed by atoms with E-state index in [-0.39, 0.29) is 24.5 Å². The number of carboxylic acid groups (broad SMARTS) is 1. The van der Waals surface area contributed by atoms with Gasteiger partial charge in [-0.2, -0.15) is 0 Å². The summed E-state index contributed by atoms with van der Waals surface area (Å²) in [5.74, 6) is -1.37. The maximum absolute atomic E-state index is 11.5. The van der Waals surface area contributed by atoms with E-state index in [1.165, 1.54) is 0 Å². The average Bonchev–Trinajstić information content (AvgIpc) is 2.23. The largest absolute Gasteiger partial charge is 0.478 e. The number of aromatic carboxylic acids is 1. The van der Waals surface area contributed by atoms with Crippen LogP contribution in [0, 0.1) is 10.7 Å². The third kappa shape index (κ3) is 3.90. The third-order valence-corrected chi connectivity index (χ3v) is 4.77. The van der Waals surface area contributed by atoms with E-state index in [0.717, 1.165) is 3.57 Å². The Morgan fingerprint density at radius 1 is 1.22 bits per heavy atom. The number of hydrogen-bond donors (Lipinski definition) is 3. The molecule has 0 fully saturated rings. The number of amides is 1. The maximum atomic E-state index is 11.5. The van der Waals surface area contributed by atoms with Crippen LogP contribution < -0.4 is 5.32 Å². The van der Waals surface area contributed by atoms with Gasteiger partial charge in [-0.3, -0.25) is 4.79 Å². The summed E-state index contributed by atoms with van der Waals surface area (Å²) in [5.41, 5.74) is 0.656. The molecule has 1 aromatic rings. The third-order valence-electron chi connectivity index (χ3n) is 1.99. The van der Waals surface area contributed by atoms with Crippen molar-refractivity contribution in [3.8, 4) is 0 Å². The molecule has 3 N–H and O–H groups in total. The van der Waals surface area contributed by atoms with Crippen molar-refractivity contribution in [1.29, 1.82) is 0 Å². The van der Waals surface area contributed by atoms with Crippen molar-refractivity contribution in [2.45, 2.75) is 6.42 Å². The molecule has 8 heteroatoms. The number of benzene rings is 1. The van der Waals surface area contributed by atoms with Crippen LogP contribution in [0.5, 0.6) is 0 Å². The lowest BCUT2D eigenvalue weighted by Gasteiger charge is -2.13. The molecule has 1 aromatic carbocycles. The molecule has 1 rings (SSSR count). The van der Waals surface area contributed by atoms with Crippen LogP contribution in [0.2, 0.25) is 0 Å². The van der Waals surface area contributed by atoms with Gasteiger partial charge in [0.25, 0.3) is 0 Å². The summed E-state index contributed by atoms with van der Waals surface area (Å²) in [4.78, 5) is 22.6. The van der Waals surface area contributed by atoms with Crippen molar-refractivity contribution in [2.75, 3.05) is 11.9 Å². The fraction of sp³-hybridized carbons (Fsp3) is 0.200. The maximum Gasteiger partial charge on any atom is 0.337 e. The second kappa shape index (κ2) is 7.19. The molecular formula is C10H8I3NO4. The van der Waals surface area contributed by atoms with E-state index in [2.05, 4.69) is 5.32 Å². The molecular weight excluding hydrogens is 579 g/mol. The molecule has 0 atom stereocenters. The van der Waals surface area contributed by atoms with Gasteiger partial charge in [0.1, 0.15) is 0 Å². The number of carbonyl (C=O) groups is 2. The molecule has 0 aliphatic carbocycles. The summed E-state index contributed by atoms with van der Waals surface area (Å²) in [7, 11) is 0. The highest BCUT2D eigenvalue weighted by Gasteiger charge is 2.20. The lowest BCUT2D eigenvalue weighted by Crippen LogP contribution is -2.17. The highest BCUT2D eigenvalue weighted by Crippen LogP contribution is 2.31. The standard InChI is InChI=1S/C10H8I3NO4/c11-4-3-5(12)9(14-6(16)1-2-15)8(13)7(4)10(17)18/h3,15H,1-2H2,(H,14,16)(H,17,18). The first kappa shape index (κ1) is 16.4. The van der Waals surface area contributed by atoms with E-state index in [1.807, 2.05) is 67.8 Å². The van der Waals surface area contributed by atoms with Gasteiger partial charge in [0.15, 0.2) is 0 Å². The number of hydrogen-bond acceptors (Lipinski definition) is 3. The average molecular weight is 587 g/mol. The minimum atomic E-state index is -1.03. The molecule has 1 amide bonds. The summed E-state index contributed by atoms with van der Waals surface area (Å²) < 4.78 is 1.87. The molecule has 0 bridgehead atoms. The molecule has 0 aromatic heterocycles. The van der Waals surface area contributed by atoms with Crippen LogP contribution >= 0.6 is 67.8 Å². The van der Waals surface area contributed by atoms with Crippen molar-refractivity contribution in [3.63, 3.8) is 0 Å². The first-order chi connectivity index (χ1) is 8.38. The molecule has 18 heavy (non-hydrogen) atoms. The van der Waals surface area contributed by atoms with E-state index in [1.54, 1.807) is 6.07 Å². The minimum absolute atomic E-state index is 0.0133. The van der Waals surface area contributed by atoms with Crippen LogP contribution in [0.4, 0.5) is 5.69 Å². The van der Waals surface area contributed by atoms with Gasteiger partial charge in [0.05, 0.1) is 27.8 Å². The van der Waals surface area contributed by atoms with Crippen molar-refractivity contribution >= 4 is 85.3 Å². The Bertz CT molecular complexity index is 504. The Labute approximate surface area is 144 Å². The van der Waals surface area contributed by atoms with Crippen molar-refractivity contribution in [1.82, 2.24) is 0 Å². The summed E-state index contributed by atoms with van der Waals surface area (Å²) in [6.07, 6.45) is -0.0133. The molecule has 5 nitrogen and oxygen atoms in total. The van der Waals surface area contributed by atoms with Gasteiger partial charge in [-0.1, -0.05) is 0 Å². The van der Waals surface area contributed by atoms with Crippen LogP contribution in [0.3, 0.4) is 0 Å². The fourth-order valence-corrected chi connectivity index (χ4v) is 5.31. The molecule has 0 spiro atoms. The predicted molar refractivity (Wildman–Crippen MR) is 91.9 cm³/mol. The predicted octanol–water partition coefficient (Wildman–Crippen LogP) is 2.52. The number of carboxylic acids is 1. The number of aliphatic hydroxyl groups excluding tert-OH is 1. The zero-order chi connectivity index (χ0) is 13.9. The molecule has 0 saturated carbocycles. The molecule has 0 aliphatic heterocycles. The zero-order valence-corrected chi connectivity index (χ0v) is 15.3. The van der Waals surface area contributed by atoms with E-state index >= 15 is 0 Å². The lowest BCUT2D eigenvalue weighted by atomic mass is 10.2. The monoisotopic (exact) mass is 587 g/mol. The van der Waals surface area contributed by atoms with Crippen LogP contribution in [-0.4, -0.2) is 28.7 Å². The smallest absolute Gasteiger partial charge is 0.337 e. The Morgan fingerprint density at radius 3 is 2.33 bits per heavy atom. The highest BCUT2D eigenvalue weighted by atomic mass is 127. The van der Waals surface area contributed by atoms with Gasteiger partial charge >= 0.3 is 5.97 Å². The topological polar surface area (TPSA) is 86.6 Å². The quantitative estimate of drug-likeness (QED) is 0.474. The molecule has 0 aliphatic rings. The number of aliphatic hydroxyl groups is 1. The molecule has 0 unspecified atom stereocenters. The summed E-state index contributed by atoms with van der Waals surface area (Å²) in [5, 5.41) is 20.4. The number of halogens is 3. The summed E-state index contributed by atoms with van der Waals surface area (Å²) in [6.45, 7) is -0.241. The number of anilines is 1. The molecule has 98 valence electrons. The van der Waals surface area contributed by atoms with Crippen molar-refractivity contribution < 1.29 is 19.8 Å². The normalized spacial score (nSPS) is 10.2. The Morgan fingerprint density at radius 2 is 1.83 bits per heavy atom. The zero-order valence-electron chi connectivity index (χ0n) is 8.84. The van der Waals surface area contributed by atoms with E-state index in [0.29, 0.717) is 12.8 Å². The van der Waals surface area contributed by atoms with Crippen LogP contribution in [0.25, 0.3) is 0 Å². The molecule has 0 saturated heterocycles. The fourth-order valence-electron chi connectivity index (χ4n) is 1.20. The summed E-state index contributed by atoms with van der Waals surface area (Å²) in [6, 6.07) is 1.70. The van der Waals surface area contributed by atoms with Crippen molar-refractivity contribution in [2.24, 2.45) is 0 Å². The SMILES string of the molecule is O=C(CCO)Nc1c(I)cc(I)c(C(=O)O)c1I. The van der Waals surface area contributed by atoms with Crippen LogP contribution in [0.15, 0.2) is 6.07 Å². The number of nitrogens with one attached hydrogen (secondary N) is 1. The molecule has 0 heterocycles. The van der Waals surface area contributed by atoms with E-state index in [9.17, 15) is 9.59 Å². The first-order valence-electron chi connectivity index (χ1n) is 4.70. The second-order valence-electron chi connectivity index (χ2n) is 3.23. The number of carbonyl (C=O) groups excluding carboxylic acids is 1. The minimum Gasteiger partial charge on any atom is -0.478 e. The van der Waals surface area contributed by atoms with Gasteiger partial charge in [-0.25, -0.2) is 4.79 Å². The Balaban J connectivity index is 3.23. The van der Waals surface area contributed by atoms with Gasteiger partial charge in [-0.15, -0.1) is 0 Å². The van der Waals surface area contributed by atoms with Gasteiger partial charge in [0, 0.05) is 7.14 Å². The number of rotatable bonds is 4. The Hall–Kier alpha value is 0.310. The lowest BCUT2D eigenvalue weighted by molar-refractivity contribution is -0.116. The van der Waals surface area contributed by atoms with Gasteiger partial charge in [-0.05, 0) is 73.8 Å². The van der Waals surface area contributed by atoms with Crippen LogP contribution in [0.1, 0.15) is 16.8 Å². The van der Waals surface area contributed by atoms with Crippen molar-refractivity contribution in [3.05, 3.63) is 22.3 Å². The van der Waals surface area contributed by atoms with Gasteiger partial charge in [0.2, 0.25) is 5.91 Å². The van der Waals surface area contributed by atoms with E-state index < -0.39 is 5.97 Å². The van der Waals surface area contributed by atoms with Crippen LogP contribution in [-0.2, 0) is 4.79 Å². The highest BCUT2D eigenvalue weighted by molar-refractivity contribution is 14.1. The second-order valence-corrected chi connectivity index (χ2v) is 6.63. The Kier molecular flexibility index (Phi) is 6.54. The van der Waals surface area contributed by atoms with Gasteiger partial charge < -0.3 is 15.5 Å².